The highest BCUT2D eigenvalue weighted by molar-refractivity contribution is 7.99. The van der Waals surface area contributed by atoms with Crippen molar-refractivity contribution in [2.45, 2.75) is 11.6 Å². The van der Waals surface area contributed by atoms with E-state index >= 15 is 0 Å². The van der Waals surface area contributed by atoms with Crippen molar-refractivity contribution >= 4 is 23.4 Å². The fourth-order valence-corrected chi connectivity index (χ4v) is 3.16. The minimum atomic E-state index is -0.996. The van der Waals surface area contributed by atoms with E-state index in [4.69, 9.17) is 0 Å². The molecule has 8 heteroatoms. The predicted octanol–water partition coefficient (Wildman–Crippen LogP) is 3.88. The lowest BCUT2D eigenvalue weighted by atomic mass is 10.2. The molecule has 2 aromatic carbocycles. The van der Waals surface area contributed by atoms with Crippen LogP contribution in [0.4, 0.5) is 14.5 Å². The summed E-state index contributed by atoms with van der Waals surface area (Å²) < 4.78 is 27.9. The van der Waals surface area contributed by atoms with Gasteiger partial charge in [-0.25, -0.2) is 8.78 Å². The molecule has 0 bridgehead atoms. The van der Waals surface area contributed by atoms with Crippen molar-refractivity contribution in [1.82, 2.24) is 14.8 Å². The summed E-state index contributed by atoms with van der Waals surface area (Å²) in [6.45, 7) is 0. The molecule has 3 aromatic rings. The highest BCUT2D eigenvalue weighted by Crippen LogP contribution is 2.23. The SMILES string of the molecule is Cn1c(SCCC(=O)Nc2ccc(F)c(F)c2)nnc1-c1ccccc1. The van der Waals surface area contributed by atoms with E-state index in [1.54, 1.807) is 0 Å². The van der Waals surface area contributed by atoms with Crippen molar-refractivity contribution < 1.29 is 13.6 Å². The number of benzene rings is 2. The molecular weight excluding hydrogens is 358 g/mol. The molecule has 0 aliphatic carbocycles. The Bertz CT molecular complexity index is 915. The van der Waals surface area contributed by atoms with E-state index in [1.165, 1.54) is 17.8 Å². The minimum Gasteiger partial charge on any atom is -0.326 e. The summed E-state index contributed by atoms with van der Waals surface area (Å²) in [6.07, 6.45) is 0.206. The maximum atomic E-state index is 13.1. The van der Waals surface area contributed by atoms with Crippen LogP contribution in [0.1, 0.15) is 6.42 Å². The highest BCUT2D eigenvalue weighted by Gasteiger charge is 2.12. The molecule has 1 amide bonds. The first kappa shape index (κ1) is 18.1. The Morgan fingerprint density at radius 3 is 2.62 bits per heavy atom. The topological polar surface area (TPSA) is 59.8 Å². The Labute approximate surface area is 153 Å². The molecule has 0 fully saturated rings. The third-order valence-electron chi connectivity index (χ3n) is 3.63. The number of amides is 1. The molecule has 1 N–H and O–H groups in total. The Balaban J connectivity index is 1.54. The molecule has 5 nitrogen and oxygen atoms in total. The number of nitrogens with zero attached hydrogens (tertiary/aromatic N) is 3. The summed E-state index contributed by atoms with van der Waals surface area (Å²) >= 11 is 1.40. The molecule has 3 rings (SSSR count). The molecule has 0 atom stereocenters. The second-order valence-electron chi connectivity index (χ2n) is 5.51. The number of halogens is 2. The normalized spacial score (nSPS) is 10.7. The first-order chi connectivity index (χ1) is 12.5. The molecular formula is C18H16F2N4OS. The van der Waals surface area contributed by atoms with Crippen molar-refractivity contribution in [3.8, 4) is 11.4 Å². The fraction of sp³-hybridized carbons (Fsp3) is 0.167. The van der Waals surface area contributed by atoms with Gasteiger partial charge in [-0.15, -0.1) is 10.2 Å². The molecule has 0 unspecified atom stereocenters. The van der Waals surface area contributed by atoms with Gasteiger partial charge < -0.3 is 9.88 Å². The monoisotopic (exact) mass is 374 g/mol. The first-order valence-corrected chi connectivity index (χ1v) is 8.85. The Kier molecular flexibility index (Phi) is 5.62. The van der Waals surface area contributed by atoms with Gasteiger partial charge in [0.1, 0.15) is 0 Å². The zero-order valence-electron chi connectivity index (χ0n) is 13.9. The average Bonchev–Trinajstić information content (AvgIpc) is 3.00. The number of carbonyl (C=O) groups is 1. The van der Waals surface area contributed by atoms with Crippen LogP contribution < -0.4 is 5.32 Å². The van der Waals surface area contributed by atoms with Crippen LogP contribution in [0.25, 0.3) is 11.4 Å². The van der Waals surface area contributed by atoms with Gasteiger partial charge in [-0.1, -0.05) is 42.1 Å². The number of thioether (sulfide) groups is 1. The summed E-state index contributed by atoms with van der Waals surface area (Å²) in [5.74, 6) is -0.996. The van der Waals surface area contributed by atoms with Crippen LogP contribution in [-0.4, -0.2) is 26.4 Å². The van der Waals surface area contributed by atoms with Gasteiger partial charge in [0.25, 0.3) is 0 Å². The van der Waals surface area contributed by atoms with Crippen LogP contribution >= 0.6 is 11.8 Å². The molecule has 26 heavy (non-hydrogen) atoms. The van der Waals surface area contributed by atoms with E-state index in [1.807, 2.05) is 41.9 Å². The first-order valence-electron chi connectivity index (χ1n) is 7.87. The van der Waals surface area contributed by atoms with E-state index in [9.17, 15) is 13.6 Å². The van der Waals surface area contributed by atoms with Gasteiger partial charge in [0, 0.05) is 36.5 Å². The maximum Gasteiger partial charge on any atom is 0.225 e. The Hall–Kier alpha value is -2.74. The average molecular weight is 374 g/mol. The van der Waals surface area contributed by atoms with Crippen molar-refractivity contribution in [3.63, 3.8) is 0 Å². The summed E-state index contributed by atoms with van der Waals surface area (Å²) in [7, 11) is 1.87. The second-order valence-corrected chi connectivity index (χ2v) is 6.57. The van der Waals surface area contributed by atoms with E-state index in [0.717, 1.165) is 23.5 Å². The van der Waals surface area contributed by atoms with E-state index in [2.05, 4.69) is 15.5 Å². The van der Waals surface area contributed by atoms with E-state index in [-0.39, 0.29) is 18.0 Å². The summed E-state index contributed by atoms with van der Waals surface area (Å²) in [4.78, 5) is 11.9. The lowest BCUT2D eigenvalue weighted by molar-refractivity contribution is -0.115. The fourth-order valence-electron chi connectivity index (χ4n) is 2.31. The third-order valence-corrected chi connectivity index (χ3v) is 4.65. The summed E-state index contributed by atoms with van der Waals surface area (Å²) in [5, 5.41) is 11.6. The number of carbonyl (C=O) groups excluding carboxylic acids is 1. The number of aromatic nitrogens is 3. The smallest absolute Gasteiger partial charge is 0.225 e. The molecule has 0 saturated heterocycles. The number of hydrogen-bond donors (Lipinski definition) is 1. The maximum absolute atomic E-state index is 13.1. The zero-order valence-corrected chi connectivity index (χ0v) is 14.8. The van der Waals surface area contributed by atoms with Crippen molar-refractivity contribution in [3.05, 3.63) is 60.2 Å². The molecule has 0 saturated carbocycles. The molecule has 134 valence electrons. The quantitative estimate of drug-likeness (QED) is 0.665. The van der Waals surface area contributed by atoms with Gasteiger partial charge in [0.15, 0.2) is 22.6 Å². The number of rotatable bonds is 6. The van der Waals surface area contributed by atoms with Gasteiger partial charge in [0.05, 0.1) is 0 Å². The van der Waals surface area contributed by atoms with E-state index in [0.29, 0.717) is 10.9 Å². The lowest BCUT2D eigenvalue weighted by Gasteiger charge is -2.06. The third kappa shape index (κ3) is 4.26. The van der Waals surface area contributed by atoms with Crippen molar-refractivity contribution in [2.75, 3.05) is 11.1 Å². The standard InChI is InChI=1S/C18H16F2N4OS/c1-24-17(12-5-3-2-4-6-12)22-23-18(24)26-10-9-16(25)21-13-7-8-14(19)15(20)11-13/h2-8,11H,9-10H2,1H3,(H,21,25). The number of nitrogens with one attached hydrogen (secondary N) is 1. The summed E-state index contributed by atoms with van der Waals surface area (Å²) in [5.41, 5.74) is 1.19. The highest BCUT2D eigenvalue weighted by atomic mass is 32.2. The summed E-state index contributed by atoms with van der Waals surface area (Å²) in [6, 6.07) is 12.9. The van der Waals surface area contributed by atoms with Crippen LogP contribution in [0, 0.1) is 11.6 Å². The second kappa shape index (κ2) is 8.09. The van der Waals surface area contributed by atoms with Crippen LogP contribution in [0.5, 0.6) is 0 Å². The molecule has 1 heterocycles. The van der Waals surface area contributed by atoms with Gasteiger partial charge in [0.2, 0.25) is 5.91 Å². The van der Waals surface area contributed by atoms with Crippen molar-refractivity contribution in [1.29, 1.82) is 0 Å². The molecule has 0 aliphatic rings. The Morgan fingerprint density at radius 1 is 1.12 bits per heavy atom. The van der Waals surface area contributed by atoms with Crippen LogP contribution in [0.3, 0.4) is 0 Å². The predicted molar refractivity (Wildman–Crippen MR) is 96.8 cm³/mol. The van der Waals surface area contributed by atoms with Crippen LogP contribution in [-0.2, 0) is 11.8 Å². The van der Waals surface area contributed by atoms with Gasteiger partial charge >= 0.3 is 0 Å². The molecule has 0 radical (unpaired) electrons. The molecule has 0 spiro atoms. The number of hydrogen-bond acceptors (Lipinski definition) is 4. The van der Waals surface area contributed by atoms with Crippen molar-refractivity contribution in [2.24, 2.45) is 7.05 Å². The molecule has 0 aliphatic heterocycles. The van der Waals surface area contributed by atoms with Gasteiger partial charge in [-0.3, -0.25) is 4.79 Å². The zero-order chi connectivity index (χ0) is 18.5. The lowest BCUT2D eigenvalue weighted by Crippen LogP contribution is -2.12. The van der Waals surface area contributed by atoms with Gasteiger partial charge in [-0.05, 0) is 12.1 Å². The van der Waals surface area contributed by atoms with Gasteiger partial charge in [-0.2, -0.15) is 0 Å². The van der Waals surface area contributed by atoms with Crippen LogP contribution in [0.15, 0.2) is 53.7 Å². The van der Waals surface area contributed by atoms with Crippen LogP contribution in [0.2, 0.25) is 0 Å². The Morgan fingerprint density at radius 2 is 1.88 bits per heavy atom. The minimum absolute atomic E-state index is 0.206. The molecule has 1 aromatic heterocycles. The van der Waals surface area contributed by atoms with E-state index < -0.39 is 11.6 Å². The largest absolute Gasteiger partial charge is 0.326 e. The number of anilines is 1.